The second kappa shape index (κ2) is 10.9. The molecule has 26 heavy (non-hydrogen) atoms. The average molecular weight is 386 g/mol. The molecule has 2 rings (SSSR count). The number of aryl methyl sites for hydroxylation is 1. The van der Waals surface area contributed by atoms with E-state index < -0.39 is 10.1 Å². The fraction of sp³-hybridized carbons (Fsp3) is 0.368. The van der Waals surface area contributed by atoms with Crippen molar-refractivity contribution in [2.75, 3.05) is 0 Å². The second-order valence-corrected chi connectivity index (χ2v) is 7.38. The second-order valence-electron chi connectivity index (χ2n) is 5.96. The molecule has 0 unspecified atom stereocenters. The molecule has 0 atom stereocenters. The minimum atomic E-state index is -4.32. The molecule has 7 heteroatoms. The zero-order valence-corrected chi connectivity index (χ0v) is 18.1. The van der Waals surface area contributed by atoms with Crippen LogP contribution in [0.1, 0.15) is 44.6 Å². The molecular formula is C19H23NaO5S. The van der Waals surface area contributed by atoms with Gasteiger partial charge in [-0.25, -0.2) is 0 Å². The van der Waals surface area contributed by atoms with Gasteiger partial charge >= 0.3 is 29.6 Å². The Kier molecular flexibility index (Phi) is 9.68. The van der Waals surface area contributed by atoms with Crippen LogP contribution in [0.4, 0.5) is 0 Å². The monoisotopic (exact) mass is 386 g/mol. The summed E-state index contributed by atoms with van der Waals surface area (Å²) in [6, 6.07) is 10.4. The van der Waals surface area contributed by atoms with E-state index >= 15 is 0 Å². The molecule has 0 saturated carbocycles. The van der Waals surface area contributed by atoms with Crippen molar-refractivity contribution in [3.05, 3.63) is 48.0 Å². The molecule has 0 aliphatic carbocycles. The molecule has 0 heterocycles. The van der Waals surface area contributed by atoms with Crippen molar-refractivity contribution in [1.29, 1.82) is 0 Å². The summed E-state index contributed by atoms with van der Waals surface area (Å²) in [6.45, 7) is 2.16. The number of rotatable bonds is 9. The maximum atomic E-state index is 12.2. The summed E-state index contributed by atoms with van der Waals surface area (Å²) in [7, 11) is -4.32. The molecule has 136 valence electrons. The molecule has 0 saturated heterocycles. The molecule has 0 spiro atoms. The quantitative estimate of drug-likeness (QED) is 0.399. The van der Waals surface area contributed by atoms with Crippen LogP contribution in [0.5, 0.6) is 17.2 Å². The molecule has 5 nitrogen and oxygen atoms in total. The molecule has 2 aromatic rings. The van der Waals surface area contributed by atoms with Gasteiger partial charge in [-0.3, -0.25) is 4.55 Å². The number of unbranched alkanes of at least 4 members (excludes halogenated alkanes) is 4. The summed E-state index contributed by atoms with van der Waals surface area (Å²) in [4.78, 5) is -0.269. The molecule has 0 radical (unpaired) electrons. The maximum absolute atomic E-state index is 12.2. The standard InChI is InChI=1S/C19H24O5S.Na/c1-2-3-4-5-6-9-15-10-7-13-18(20)19(15)24-16-11-8-12-17(14-16)25(21,22)23;/h7-8,10-14,20H,2-6,9H2,1H3,(H,21,22,23);/q;+1/p-1. The smallest absolute Gasteiger partial charge is 0.870 e. The molecular weight excluding hydrogens is 363 g/mol. The van der Waals surface area contributed by atoms with Crippen molar-refractivity contribution in [2.45, 2.75) is 50.3 Å². The molecule has 0 amide bonds. The summed E-state index contributed by atoms with van der Waals surface area (Å²) < 4.78 is 37.3. The van der Waals surface area contributed by atoms with E-state index in [-0.39, 0.29) is 51.7 Å². The van der Waals surface area contributed by atoms with E-state index in [1.807, 2.05) is 6.07 Å². The van der Waals surface area contributed by atoms with Crippen LogP contribution in [0, 0.1) is 0 Å². The first-order valence-electron chi connectivity index (χ1n) is 8.46. The van der Waals surface area contributed by atoms with Crippen LogP contribution in [-0.4, -0.2) is 13.0 Å². The Bertz CT molecular complexity index is 805. The minimum Gasteiger partial charge on any atom is -0.870 e. The Hall–Kier alpha value is -1.05. The summed E-state index contributed by atoms with van der Waals surface area (Å²) in [5, 5.41) is 12.2. The molecule has 0 aromatic heterocycles. The Morgan fingerprint density at radius 3 is 2.42 bits per heavy atom. The van der Waals surface area contributed by atoms with Gasteiger partial charge in [0.25, 0.3) is 10.1 Å². The predicted molar refractivity (Wildman–Crippen MR) is 94.7 cm³/mol. The Balaban J connectivity index is 0.00000338. The number of ether oxygens (including phenoxy) is 1. The van der Waals surface area contributed by atoms with Crippen LogP contribution in [0.15, 0.2) is 47.4 Å². The molecule has 2 aromatic carbocycles. The van der Waals surface area contributed by atoms with Crippen LogP contribution in [0.25, 0.3) is 0 Å². The van der Waals surface area contributed by atoms with Crippen molar-refractivity contribution < 1.29 is 52.4 Å². The van der Waals surface area contributed by atoms with Gasteiger partial charge in [-0.15, -0.1) is 0 Å². The van der Waals surface area contributed by atoms with Crippen LogP contribution in [0.3, 0.4) is 0 Å². The number of benzene rings is 2. The molecule has 0 aliphatic rings. The first-order valence-corrected chi connectivity index (χ1v) is 9.90. The van der Waals surface area contributed by atoms with Crippen molar-refractivity contribution >= 4 is 10.1 Å². The SMILES string of the molecule is CCCCCCCc1cccc([O-])c1Oc1cccc(S(=O)(=O)O)c1.[Na+]. The molecule has 0 fully saturated rings. The van der Waals surface area contributed by atoms with E-state index in [0.29, 0.717) is 0 Å². The van der Waals surface area contributed by atoms with Crippen LogP contribution >= 0.6 is 0 Å². The van der Waals surface area contributed by atoms with Crippen LogP contribution in [-0.2, 0) is 16.5 Å². The van der Waals surface area contributed by atoms with Crippen molar-refractivity contribution in [3.8, 4) is 17.2 Å². The predicted octanol–water partition coefficient (Wildman–Crippen LogP) is 1.32. The Morgan fingerprint density at radius 1 is 1.04 bits per heavy atom. The number of hydrogen-bond donors (Lipinski definition) is 1. The fourth-order valence-corrected chi connectivity index (χ4v) is 3.12. The fourth-order valence-electron chi connectivity index (χ4n) is 2.61. The van der Waals surface area contributed by atoms with Gasteiger partial charge in [0.1, 0.15) is 11.5 Å². The van der Waals surface area contributed by atoms with E-state index in [9.17, 15) is 13.5 Å². The van der Waals surface area contributed by atoms with Crippen molar-refractivity contribution in [3.63, 3.8) is 0 Å². The average Bonchev–Trinajstić information content (AvgIpc) is 2.57. The van der Waals surface area contributed by atoms with Gasteiger partial charge in [-0.1, -0.05) is 62.6 Å². The minimum absolute atomic E-state index is 0. The summed E-state index contributed by atoms with van der Waals surface area (Å²) >= 11 is 0. The van der Waals surface area contributed by atoms with E-state index in [4.69, 9.17) is 9.29 Å². The van der Waals surface area contributed by atoms with E-state index in [1.165, 1.54) is 43.5 Å². The number of para-hydroxylation sites is 1. The molecule has 0 aliphatic heterocycles. The van der Waals surface area contributed by atoms with Crippen LogP contribution < -0.4 is 39.4 Å². The third-order valence-electron chi connectivity index (χ3n) is 3.93. The normalized spacial score (nSPS) is 11.0. The van der Waals surface area contributed by atoms with E-state index in [1.54, 1.807) is 12.1 Å². The van der Waals surface area contributed by atoms with Gasteiger partial charge in [-0.2, -0.15) is 8.42 Å². The van der Waals surface area contributed by atoms with E-state index in [0.717, 1.165) is 24.8 Å². The molecule has 1 N–H and O–H groups in total. The van der Waals surface area contributed by atoms with Crippen molar-refractivity contribution in [2.24, 2.45) is 0 Å². The molecule has 0 bridgehead atoms. The first-order chi connectivity index (χ1) is 11.9. The van der Waals surface area contributed by atoms with E-state index in [2.05, 4.69) is 6.92 Å². The van der Waals surface area contributed by atoms with Gasteiger partial charge in [-0.05, 0) is 30.5 Å². The topological polar surface area (TPSA) is 86.7 Å². The Morgan fingerprint density at radius 2 is 1.73 bits per heavy atom. The summed E-state index contributed by atoms with van der Waals surface area (Å²) in [5.74, 6) is 0.166. The zero-order valence-electron chi connectivity index (χ0n) is 15.3. The van der Waals surface area contributed by atoms with Gasteiger partial charge in [0, 0.05) is 6.07 Å². The zero-order chi connectivity index (χ0) is 18.3. The summed E-state index contributed by atoms with van der Waals surface area (Å²) in [6.07, 6.45) is 6.33. The number of hydrogen-bond acceptors (Lipinski definition) is 4. The van der Waals surface area contributed by atoms with Crippen LogP contribution in [0.2, 0.25) is 0 Å². The summed E-state index contributed by atoms with van der Waals surface area (Å²) in [5.41, 5.74) is 0.807. The van der Waals surface area contributed by atoms with Gasteiger partial charge < -0.3 is 9.84 Å². The van der Waals surface area contributed by atoms with Crippen molar-refractivity contribution in [1.82, 2.24) is 0 Å². The van der Waals surface area contributed by atoms with Gasteiger partial charge in [0.15, 0.2) is 0 Å². The third kappa shape index (κ3) is 6.93. The first kappa shape index (κ1) is 23.0. The van der Waals surface area contributed by atoms with Gasteiger partial charge in [0.05, 0.1) is 4.90 Å². The third-order valence-corrected chi connectivity index (χ3v) is 4.78. The Labute approximate surface area is 177 Å². The van der Waals surface area contributed by atoms with Gasteiger partial charge in [0.2, 0.25) is 0 Å². The maximum Gasteiger partial charge on any atom is 1.00 e. The largest absolute Gasteiger partial charge is 1.00 e.